The van der Waals surface area contributed by atoms with E-state index in [1.807, 2.05) is 22.9 Å². The van der Waals surface area contributed by atoms with Crippen LogP contribution >= 0.6 is 38.5 Å². The molecule has 106 valence electrons. The maximum Gasteiger partial charge on any atom is 0.170 e. The number of nitrogens with zero attached hydrogens (tertiary/aromatic N) is 2. The van der Waals surface area contributed by atoms with Crippen LogP contribution in [0.3, 0.4) is 0 Å². The van der Waals surface area contributed by atoms with Gasteiger partial charge in [0.05, 0.1) is 12.1 Å². The molecule has 0 bridgehead atoms. The van der Waals surface area contributed by atoms with Crippen LogP contribution in [0, 0.1) is 10.5 Å². The lowest BCUT2D eigenvalue weighted by atomic mass is 10.1. The molecule has 0 aliphatic heterocycles. The molecule has 3 nitrogen and oxygen atoms in total. The minimum absolute atomic E-state index is 0.487. The molecule has 0 spiro atoms. The summed E-state index contributed by atoms with van der Waals surface area (Å²) in [6.07, 6.45) is 0.815. The van der Waals surface area contributed by atoms with Crippen LogP contribution in [-0.2, 0) is 6.54 Å². The van der Waals surface area contributed by atoms with Gasteiger partial charge in [-0.3, -0.25) is 9.48 Å². The highest BCUT2D eigenvalue weighted by Gasteiger charge is 2.12. The Morgan fingerprint density at radius 3 is 2.86 bits per heavy atom. The van der Waals surface area contributed by atoms with Gasteiger partial charge in [-0.05, 0) is 64.9 Å². The van der Waals surface area contributed by atoms with Crippen LogP contribution in [0.1, 0.15) is 21.6 Å². The summed E-state index contributed by atoms with van der Waals surface area (Å²) in [5.41, 5.74) is 3.92. The van der Waals surface area contributed by atoms with Gasteiger partial charge in [-0.2, -0.15) is 5.10 Å². The van der Waals surface area contributed by atoms with E-state index in [9.17, 15) is 4.79 Å². The molecule has 0 saturated heterocycles. The molecule has 21 heavy (non-hydrogen) atoms. The van der Waals surface area contributed by atoms with Crippen molar-refractivity contribution in [3.63, 3.8) is 0 Å². The Balaban J connectivity index is 2.17. The molecular formula is C16H12BrIN2O. The monoisotopic (exact) mass is 454 g/mol. The summed E-state index contributed by atoms with van der Waals surface area (Å²) in [5.74, 6) is 0. The smallest absolute Gasteiger partial charge is 0.170 e. The van der Waals surface area contributed by atoms with Crippen molar-refractivity contribution in [1.29, 1.82) is 0 Å². The second-order valence-corrected chi connectivity index (χ2v) is 6.94. The largest absolute Gasteiger partial charge is 0.296 e. The van der Waals surface area contributed by atoms with Crippen molar-refractivity contribution < 1.29 is 4.79 Å². The minimum atomic E-state index is 0.487. The number of rotatable bonds is 3. The zero-order valence-electron chi connectivity index (χ0n) is 11.3. The molecule has 0 atom stereocenters. The third-order valence-electron chi connectivity index (χ3n) is 3.51. The standard InChI is InChI=1S/C16H12BrIN2O/c1-10-3-2-4-14(18)13(10)8-20-16-7-11(17)5-6-12(16)15(9-21)19-20/h2-7,9H,8H2,1H3. The Morgan fingerprint density at radius 2 is 2.14 bits per heavy atom. The van der Waals surface area contributed by atoms with Crippen molar-refractivity contribution in [2.24, 2.45) is 0 Å². The molecule has 0 saturated carbocycles. The Bertz CT molecular complexity index is 821. The number of benzene rings is 2. The molecule has 0 N–H and O–H groups in total. The Labute approximate surface area is 144 Å². The van der Waals surface area contributed by atoms with Crippen LogP contribution in [-0.4, -0.2) is 16.1 Å². The van der Waals surface area contributed by atoms with Gasteiger partial charge in [-0.15, -0.1) is 0 Å². The lowest BCUT2D eigenvalue weighted by molar-refractivity contribution is 0.111. The number of halogens is 2. The number of aldehydes is 1. The zero-order valence-corrected chi connectivity index (χ0v) is 15.1. The van der Waals surface area contributed by atoms with Gasteiger partial charge in [0.2, 0.25) is 0 Å². The van der Waals surface area contributed by atoms with E-state index in [0.717, 1.165) is 21.7 Å². The van der Waals surface area contributed by atoms with Gasteiger partial charge in [-0.25, -0.2) is 0 Å². The lowest BCUT2D eigenvalue weighted by Crippen LogP contribution is -2.05. The first-order chi connectivity index (χ1) is 10.1. The average molecular weight is 455 g/mol. The number of aryl methyl sites for hydroxylation is 1. The molecule has 0 aliphatic rings. The van der Waals surface area contributed by atoms with Crippen LogP contribution in [0.25, 0.3) is 10.9 Å². The van der Waals surface area contributed by atoms with E-state index in [2.05, 4.69) is 68.7 Å². The van der Waals surface area contributed by atoms with E-state index in [1.54, 1.807) is 0 Å². The number of aromatic nitrogens is 2. The van der Waals surface area contributed by atoms with Gasteiger partial charge in [0.1, 0.15) is 5.69 Å². The first-order valence-corrected chi connectivity index (χ1v) is 8.32. The Hall–Kier alpha value is -1.21. The molecule has 3 rings (SSSR count). The highest BCUT2D eigenvalue weighted by Crippen LogP contribution is 2.25. The Morgan fingerprint density at radius 1 is 1.33 bits per heavy atom. The van der Waals surface area contributed by atoms with Crippen molar-refractivity contribution in [2.75, 3.05) is 0 Å². The molecule has 0 aliphatic carbocycles. The third kappa shape index (κ3) is 2.76. The Kier molecular flexibility index (Phi) is 4.12. The van der Waals surface area contributed by atoms with Crippen molar-refractivity contribution in [3.05, 3.63) is 61.3 Å². The van der Waals surface area contributed by atoms with Crippen LogP contribution in [0.5, 0.6) is 0 Å². The fourth-order valence-electron chi connectivity index (χ4n) is 2.40. The summed E-state index contributed by atoms with van der Waals surface area (Å²) in [6.45, 7) is 2.76. The van der Waals surface area contributed by atoms with E-state index in [1.165, 1.54) is 14.7 Å². The van der Waals surface area contributed by atoms with E-state index in [0.29, 0.717) is 12.2 Å². The van der Waals surface area contributed by atoms with Crippen molar-refractivity contribution in [3.8, 4) is 0 Å². The molecule has 1 heterocycles. The number of hydrogen-bond acceptors (Lipinski definition) is 2. The predicted octanol–water partition coefficient (Wildman–Crippen LogP) is 4.57. The molecule has 0 radical (unpaired) electrons. The van der Waals surface area contributed by atoms with Crippen LogP contribution in [0.2, 0.25) is 0 Å². The lowest BCUT2D eigenvalue weighted by Gasteiger charge is -2.09. The number of hydrogen-bond donors (Lipinski definition) is 0. The van der Waals surface area contributed by atoms with E-state index < -0.39 is 0 Å². The summed E-state index contributed by atoms with van der Waals surface area (Å²) in [5, 5.41) is 5.34. The van der Waals surface area contributed by atoms with Gasteiger partial charge in [0.15, 0.2) is 6.29 Å². The number of carbonyl (C=O) groups excluding carboxylic acids is 1. The second-order valence-electron chi connectivity index (χ2n) is 4.86. The van der Waals surface area contributed by atoms with E-state index in [4.69, 9.17) is 0 Å². The topological polar surface area (TPSA) is 34.9 Å². The number of carbonyl (C=O) groups is 1. The van der Waals surface area contributed by atoms with Gasteiger partial charge in [0.25, 0.3) is 0 Å². The predicted molar refractivity (Wildman–Crippen MR) is 95.8 cm³/mol. The molecule has 5 heteroatoms. The molecule has 0 unspecified atom stereocenters. The van der Waals surface area contributed by atoms with Crippen molar-refractivity contribution in [1.82, 2.24) is 9.78 Å². The molecule has 0 fully saturated rings. The first-order valence-electron chi connectivity index (χ1n) is 6.45. The maximum absolute atomic E-state index is 11.2. The van der Waals surface area contributed by atoms with Gasteiger partial charge in [0, 0.05) is 13.4 Å². The van der Waals surface area contributed by atoms with Crippen LogP contribution in [0.15, 0.2) is 40.9 Å². The molecule has 3 aromatic rings. The molecular weight excluding hydrogens is 443 g/mol. The summed E-state index contributed by atoms with van der Waals surface area (Å²) in [4.78, 5) is 11.2. The van der Waals surface area contributed by atoms with E-state index >= 15 is 0 Å². The maximum atomic E-state index is 11.2. The van der Waals surface area contributed by atoms with Crippen molar-refractivity contribution in [2.45, 2.75) is 13.5 Å². The quantitative estimate of drug-likeness (QED) is 0.429. The normalized spacial score (nSPS) is 11.0. The zero-order chi connectivity index (χ0) is 15.0. The number of fused-ring (bicyclic) bond motifs is 1. The SMILES string of the molecule is Cc1cccc(I)c1Cn1nc(C=O)c2ccc(Br)cc21. The molecule has 0 amide bonds. The third-order valence-corrected chi connectivity index (χ3v) is 5.02. The van der Waals surface area contributed by atoms with Crippen LogP contribution in [0.4, 0.5) is 0 Å². The summed E-state index contributed by atoms with van der Waals surface area (Å²) in [7, 11) is 0. The molecule has 2 aromatic carbocycles. The average Bonchev–Trinajstić information content (AvgIpc) is 2.80. The first kappa shape index (κ1) is 14.7. The highest BCUT2D eigenvalue weighted by molar-refractivity contribution is 14.1. The van der Waals surface area contributed by atoms with Gasteiger partial charge < -0.3 is 0 Å². The summed E-state index contributed by atoms with van der Waals surface area (Å²) < 4.78 is 4.08. The van der Waals surface area contributed by atoms with Gasteiger partial charge in [-0.1, -0.05) is 28.1 Å². The van der Waals surface area contributed by atoms with Crippen molar-refractivity contribution >= 4 is 55.7 Å². The second kappa shape index (κ2) is 5.88. The van der Waals surface area contributed by atoms with Gasteiger partial charge >= 0.3 is 0 Å². The summed E-state index contributed by atoms with van der Waals surface area (Å²) >= 11 is 5.82. The fraction of sp³-hybridized carbons (Fsp3) is 0.125. The highest BCUT2D eigenvalue weighted by atomic mass is 127. The summed E-state index contributed by atoms with van der Waals surface area (Å²) in [6, 6.07) is 12.1. The van der Waals surface area contributed by atoms with E-state index in [-0.39, 0.29) is 0 Å². The fourth-order valence-corrected chi connectivity index (χ4v) is 3.55. The van der Waals surface area contributed by atoms with Crippen LogP contribution < -0.4 is 0 Å². The minimum Gasteiger partial charge on any atom is -0.296 e. The molecule has 1 aromatic heterocycles.